The number of hydrogen-bond acceptors (Lipinski definition) is 3. The van der Waals surface area contributed by atoms with Crippen molar-refractivity contribution in [3.63, 3.8) is 0 Å². The first-order valence-corrected chi connectivity index (χ1v) is 6.36. The zero-order valence-corrected chi connectivity index (χ0v) is 10.6. The highest BCUT2D eigenvalue weighted by atomic mass is 32.1. The van der Waals surface area contributed by atoms with Crippen LogP contribution in [0.3, 0.4) is 0 Å². The molecule has 0 radical (unpaired) electrons. The number of fused-ring (bicyclic) bond motifs is 1. The summed E-state index contributed by atoms with van der Waals surface area (Å²) in [4.78, 5) is 1.43. The molecule has 1 aliphatic rings. The highest BCUT2D eigenvalue weighted by Gasteiger charge is 2.31. The largest absolute Gasteiger partial charge is 0.396 e. The van der Waals surface area contributed by atoms with E-state index in [1.165, 1.54) is 16.9 Å². The Labute approximate surface area is 95.7 Å². The predicted molar refractivity (Wildman–Crippen MR) is 68.1 cm³/mol. The highest BCUT2D eigenvalue weighted by molar-refractivity contribution is 7.16. The summed E-state index contributed by atoms with van der Waals surface area (Å²) >= 11 is 1.69. The van der Waals surface area contributed by atoms with E-state index in [1.807, 2.05) is 0 Å². The van der Waals surface area contributed by atoms with Crippen molar-refractivity contribution in [2.75, 3.05) is 11.5 Å². The topological polar surface area (TPSA) is 52.0 Å². The van der Waals surface area contributed by atoms with Gasteiger partial charge in [0, 0.05) is 4.88 Å². The molecular formula is C12H20N2S. The summed E-state index contributed by atoms with van der Waals surface area (Å²) < 4.78 is 0. The van der Waals surface area contributed by atoms with Gasteiger partial charge in [0.05, 0.1) is 5.69 Å². The molecule has 0 bridgehead atoms. The maximum absolute atomic E-state index is 5.96. The second-order valence-electron chi connectivity index (χ2n) is 5.59. The van der Waals surface area contributed by atoms with Crippen molar-refractivity contribution in [2.45, 2.75) is 40.0 Å². The fraction of sp³-hybridized carbons (Fsp3) is 0.667. The molecule has 1 atom stereocenters. The molecule has 1 aromatic heterocycles. The van der Waals surface area contributed by atoms with Gasteiger partial charge in [0.15, 0.2) is 0 Å². The molecule has 1 aromatic rings. The van der Waals surface area contributed by atoms with E-state index >= 15 is 0 Å². The van der Waals surface area contributed by atoms with Crippen molar-refractivity contribution in [1.29, 1.82) is 0 Å². The summed E-state index contributed by atoms with van der Waals surface area (Å²) in [6.07, 6.45) is 3.51. The van der Waals surface area contributed by atoms with E-state index in [1.54, 1.807) is 11.3 Å². The van der Waals surface area contributed by atoms with Crippen molar-refractivity contribution >= 4 is 22.0 Å². The van der Waals surface area contributed by atoms with Crippen LogP contribution in [0, 0.1) is 11.3 Å². The molecule has 0 aromatic carbocycles. The van der Waals surface area contributed by atoms with Gasteiger partial charge in [0.1, 0.15) is 5.00 Å². The van der Waals surface area contributed by atoms with E-state index in [0.29, 0.717) is 5.41 Å². The lowest BCUT2D eigenvalue weighted by molar-refractivity contribution is 0.218. The molecule has 0 saturated heterocycles. The minimum absolute atomic E-state index is 0.394. The van der Waals surface area contributed by atoms with Crippen molar-refractivity contribution in [1.82, 2.24) is 0 Å². The molecular weight excluding hydrogens is 204 g/mol. The third-order valence-corrected chi connectivity index (χ3v) is 4.66. The van der Waals surface area contributed by atoms with Crippen molar-refractivity contribution < 1.29 is 0 Å². The van der Waals surface area contributed by atoms with E-state index < -0.39 is 0 Å². The number of rotatable bonds is 0. The minimum atomic E-state index is 0.394. The van der Waals surface area contributed by atoms with Crippen LogP contribution in [0.1, 0.15) is 37.6 Å². The summed E-state index contributed by atoms with van der Waals surface area (Å²) in [7, 11) is 0. The molecule has 0 spiro atoms. The van der Waals surface area contributed by atoms with Crippen LogP contribution in [-0.2, 0) is 12.8 Å². The van der Waals surface area contributed by atoms with E-state index in [-0.39, 0.29) is 0 Å². The summed E-state index contributed by atoms with van der Waals surface area (Å²) in [5, 5.41) is 0.814. The fourth-order valence-corrected chi connectivity index (χ4v) is 3.49. The van der Waals surface area contributed by atoms with Gasteiger partial charge >= 0.3 is 0 Å². The van der Waals surface area contributed by atoms with Gasteiger partial charge in [0.2, 0.25) is 0 Å². The van der Waals surface area contributed by atoms with Gasteiger partial charge in [-0.1, -0.05) is 20.8 Å². The zero-order chi connectivity index (χ0) is 11.2. The first-order valence-electron chi connectivity index (χ1n) is 5.55. The fourth-order valence-electron chi connectivity index (χ4n) is 2.37. The number of hydrogen-bond donors (Lipinski definition) is 2. The van der Waals surface area contributed by atoms with Gasteiger partial charge < -0.3 is 11.5 Å². The number of nitrogen functional groups attached to an aromatic ring is 2. The molecule has 15 heavy (non-hydrogen) atoms. The van der Waals surface area contributed by atoms with Gasteiger partial charge in [-0.05, 0) is 36.2 Å². The number of anilines is 2. The minimum Gasteiger partial charge on any atom is -0.396 e. The molecule has 0 saturated carbocycles. The van der Waals surface area contributed by atoms with E-state index in [2.05, 4.69) is 20.8 Å². The molecule has 4 N–H and O–H groups in total. The Balaban J connectivity index is 2.28. The lowest BCUT2D eigenvalue weighted by atomic mass is 9.72. The summed E-state index contributed by atoms with van der Waals surface area (Å²) in [5.41, 5.74) is 14.4. The van der Waals surface area contributed by atoms with Crippen LogP contribution in [0.4, 0.5) is 10.7 Å². The average Bonchev–Trinajstić information content (AvgIpc) is 2.41. The van der Waals surface area contributed by atoms with Crippen molar-refractivity contribution in [2.24, 2.45) is 11.3 Å². The molecule has 3 heteroatoms. The lowest BCUT2D eigenvalue weighted by Gasteiger charge is -2.33. The third kappa shape index (κ3) is 1.85. The SMILES string of the molecule is CC(C)(C)C1CCc2c(sc(N)c2N)C1. The first-order chi connectivity index (χ1) is 6.89. The molecule has 1 unspecified atom stereocenters. The molecule has 0 amide bonds. The Morgan fingerprint density at radius 1 is 1.27 bits per heavy atom. The Morgan fingerprint density at radius 3 is 2.53 bits per heavy atom. The second-order valence-corrected chi connectivity index (χ2v) is 6.72. The summed E-state index contributed by atoms with van der Waals surface area (Å²) in [6.45, 7) is 6.97. The van der Waals surface area contributed by atoms with Crippen LogP contribution >= 0.6 is 11.3 Å². The predicted octanol–water partition coefficient (Wildman–Crippen LogP) is 3.06. The quantitative estimate of drug-likeness (QED) is 0.711. The maximum atomic E-state index is 5.96. The monoisotopic (exact) mass is 224 g/mol. The normalized spacial score (nSPS) is 21.4. The van der Waals surface area contributed by atoms with Gasteiger partial charge in [-0.2, -0.15) is 0 Å². The molecule has 2 rings (SSSR count). The van der Waals surface area contributed by atoms with E-state index in [9.17, 15) is 0 Å². The molecule has 0 fully saturated rings. The van der Waals surface area contributed by atoms with Gasteiger partial charge in [-0.25, -0.2) is 0 Å². The first kappa shape index (κ1) is 10.8. The van der Waals surface area contributed by atoms with Crippen LogP contribution in [0.25, 0.3) is 0 Å². The van der Waals surface area contributed by atoms with E-state index in [4.69, 9.17) is 11.5 Å². The average molecular weight is 224 g/mol. The Morgan fingerprint density at radius 2 is 1.93 bits per heavy atom. The summed E-state index contributed by atoms with van der Waals surface area (Å²) in [5.74, 6) is 0.766. The molecule has 1 heterocycles. The second kappa shape index (κ2) is 3.41. The molecule has 1 aliphatic carbocycles. The molecule has 2 nitrogen and oxygen atoms in total. The summed E-state index contributed by atoms with van der Waals surface area (Å²) in [6, 6.07) is 0. The molecule has 0 aliphatic heterocycles. The zero-order valence-electron chi connectivity index (χ0n) is 9.76. The number of nitrogens with two attached hydrogens (primary N) is 2. The van der Waals surface area contributed by atoms with Gasteiger partial charge in [0.25, 0.3) is 0 Å². The van der Waals surface area contributed by atoms with Crippen LogP contribution in [0.2, 0.25) is 0 Å². The Kier molecular flexibility index (Phi) is 2.45. The Hall–Kier alpha value is -0.700. The lowest BCUT2D eigenvalue weighted by Crippen LogP contribution is -2.26. The van der Waals surface area contributed by atoms with Crippen LogP contribution in [0.5, 0.6) is 0 Å². The van der Waals surface area contributed by atoms with Crippen LogP contribution < -0.4 is 11.5 Å². The van der Waals surface area contributed by atoms with E-state index in [0.717, 1.165) is 29.4 Å². The van der Waals surface area contributed by atoms with Crippen LogP contribution in [-0.4, -0.2) is 0 Å². The van der Waals surface area contributed by atoms with Crippen molar-refractivity contribution in [3.05, 3.63) is 10.4 Å². The van der Waals surface area contributed by atoms with Gasteiger partial charge in [-0.15, -0.1) is 11.3 Å². The van der Waals surface area contributed by atoms with Gasteiger partial charge in [-0.3, -0.25) is 0 Å². The highest BCUT2D eigenvalue weighted by Crippen LogP contribution is 2.44. The third-order valence-electron chi connectivity index (χ3n) is 3.56. The van der Waals surface area contributed by atoms with Crippen LogP contribution in [0.15, 0.2) is 0 Å². The maximum Gasteiger partial charge on any atom is 0.110 e. The van der Waals surface area contributed by atoms with Crippen molar-refractivity contribution in [3.8, 4) is 0 Å². The Bertz CT molecular complexity index is 374. The smallest absolute Gasteiger partial charge is 0.110 e. The number of thiophene rings is 1. The molecule has 84 valence electrons. The standard InChI is InChI=1S/C12H20N2S/c1-12(2,3)7-4-5-8-9(6-7)15-11(14)10(8)13/h7H,4-6,13-14H2,1-3H3.